The van der Waals surface area contributed by atoms with E-state index in [1.54, 1.807) is 12.1 Å². The second kappa shape index (κ2) is 8.00. The fraction of sp³-hybridized carbons (Fsp3) is 0.350. The number of amides is 1. The maximum atomic E-state index is 13.0. The molecule has 1 atom stereocenters. The molecule has 2 aromatic carbocycles. The Kier molecular flexibility index (Phi) is 5.89. The molecule has 1 aliphatic heterocycles. The first-order chi connectivity index (χ1) is 12.8. The zero-order chi connectivity index (χ0) is 19.6. The van der Waals surface area contributed by atoms with Crippen LogP contribution in [0, 0.1) is 0 Å². The number of carbonyl (C=O) groups is 1. The van der Waals surface area contributed by atoms with Crippen molar-refractivity contribution in [3.05, 3.63) is 64.7 Å². The molecule has 0 bridgehead atoms. The molecule has 0 aromatic heterocycles. The molecule has 1 amide bonds. The number of halogens is 1. The van der Waals surface area contributed by atoms with E-state index in [4.69, 9.17) is 11.6 Å². The molecule has 0 saturated carbocycles. The minimum Gasteiger partial charge on any atom is -0.335 e. The van der Waals surface area contributed by atoms with E-state index in [1.165, 1.54) is 26.2 Å². The summed E-state index contributed by atoms with van der Waals surface area (Å²) in [5.74, 6) is -0.0710. The molecule has 0 radical (unpaired) electrons. The molecule has 7 heteroatoms. The standard InChI is InChI=1S/C20H23ClN2O3S/c1-22(2)27(25,26)18-11-9-15(10-12-18)20(24)23-13-5-7-17(23)14-16-6-3-4-8-19(16)21/h3-4,6,8-12,17H,5,7,13-14H2,1-2H3. The Bertz CT molecular complexity index is 926. The molecule has 0 aliphatic carbocycles. The number of carbonyl (C=O) groups excluding carboxylic acids is 1. The number of hydrogen-bond donors (Lipinski definition) is 0. The van der Waals surface area contributed by atoms with E-state index >= 15 is 0 Å². The van der Waals surface area contributed by atoms with Crippen molar-refractivity contribution >= 4 is 27.5 Å². The van der Waals surface area contributed by atoms with Gasteiger partial charge >= 0.3 is 0 Å². The van der Waals surface area contributed by atoms with Crippen LogP contribution < -0.4 is 0 Å². The highest BCUT2D eigenvalue weighted by molar-refractivity contribution is 7.89. The van der Waals surface area contributed by atoms with Crippen molar-refractivity contribution in [2.75, 3.05) is 20.6 Å². The smallest absolute Gasteiger partial charge is 0.254 e. The first-order valence-electron chi connectivity index (χ1n) is 8.87. The van der Waals surface area contributed by atoms with Crippen molar-refractivity contribution in [3.8, 4) is 0 Å². The summed E-state index contributed by atoms with van der Waals surface area (Å²) < 4.78 is 25.5. The van der Waals surface area contributed by atoms with Crippen LogP contribution >= 0.6 is 11.6 Å². The van der Waals surface area contributed by atoms with Gasteiger partial charge in [-0.15, -0.1) is 0 Å². The van der Waals surface area contributed by atoms with E-state index in [2.05, 4.69) is 0 Å². The lowest BCUT2D eigenvalue weighted by atomic mass is 10.0. The van der Waals surface area contributed by atoms with Crippen LogP contribution in [0.25, 0.3) is 0 Å². The number of sulfonamides is 1. The fourth-order valence-corrected chi connectivity index (χ4v) is 4.49. The molecule has 0 N–H and O–H groups in total. The van der Waals surface area contributed by atoms with Crippen LogP contribution in [0.5, 0.6) is 0 Å². The quantitative estimate of drug-likeness (QED) is 0.764. The average molecular weight is 407 g/mol. The number of nitrogens with zero attached hydrogens (tertiary/aromatic N) is 2. The van der Waals surface area contributed by atoms with Crippen molar-refractivity contribution in [1.29, 1.82) is 0 Å². The van der Waals surface area contributed by atoms with Gasteiger partial charge in [0.05, 0.1) is 4.90 Å². The fourth-order valence-electron chi connectivity index (χ4n) is 3.38. The molecule has 3 rings (SSSR count). The van der Waals surface area contributed by atoms with Gasteiger partial charge in [-0.2, -0.15) is 0 Å². The Morgan fingerprint density at radius 3 is 2.44 bits per heavy atom. The minimum absolute atomic E-state index is 0.0710. The van der Waals surface area contributed by atoms with Gasteiger partial charge in [-0.1, -0.05) is 29.8 Å². The van der Waals surface area contributed by atoms with Crippen molar-refractivity contribution in [2.45, 2.75) is 30.2 Å². The largest absolute Gasteiger partial charge is 0.335 e. The van der Waals surface area contributed by atoms with Crippen molar-refractivity contribution in [3.63, 3.8) is 0 Å². The van der Waals surface area contributed by atoms with Gasteiger partial charge in [-0.25, -0.2) is 12.7 Å². The summed E-state index contributed by atoms with van der Waals surface area (Å²) in [6.07, 6.45) is 2.61. The zero-order valence-corrected chi connectivity index (χ0v) is 17.0. The molecule has 5 nitrogen and oxygen atoms in total. The third-order valence-electron chi connectivity index (χ3n) is 4.93. The van der Waals surface area contributed by atoms with E-state index in [1.807, 2.05) is 29.2 Å². The van der Waals surface area contributed by atoms with Crippen LogP contribution in [-0.4, -0.2) is 50.2 Å². The zero-order valence-electron chi connectivity index (χ0n) is 15.4. The Hall–Kier alpha value is -1.89. The second-order valence-electron chi connectivity index (χ2n) is 6.90. The first kappa shape index (κ1) is 19.9. The summed E-state index contributed by atoms with van der Waals surface area (Å²) in [5, 5.41) is 0.718. The summed E-state index contributed by atoms with van der Waals surface area (Å²) in [6.45, 7) is 0.700. The number of rotatable bonds is 5. The molecular weight excluding hydrogens is 384 g/mol. The minimum atomic E-state index is -3.50. The third-order valence-corrected chi connectivity index (χ3v) is 7.13. The molecule has 2 aromatic rings. The van der Waals surface area contributed by atoms with Gasteiger partial charge in [0.1, 0.15) is 0 Å². The van der Waals surface area contributed by atoms with Gasteiger partial charge in [-0.3, -0.25) is 4.79 Å². The lowest BCUT2D eigenvalue weighted by molar-refractivity contribution is 0.0736. The SMILES string of the molecule is CN(C)S(=O)(=O)c1ccc(C(=O)N2CCCC2Cc2ccccc2Cl)cc1. The summed E-state index contributed by atoms with van der Waals surface area (Å²) in [5.41, 5.74) is 1.54. The van der Waals surface area contributed by atoms with E-state index in [0.717, 1.165) is 34.2 Å². The Balaban J connectivity index is 1.77. The van der Waals surface area contributed by atoms with E-state index < -0.39 is 10.0 Å². The van der Waals surface area contributed by atoms with Gasteiger partial charge in [0, 0.05) is 37.3 Å². The van der Waals surface area contributed by atoms with Crippen LogP contribution in [0.2, 0.25) is 5.02 Å². The molecule has 1 fully saturated rings. The van der Waals surface area contributed by atoms with Gasteiger partial charge in [-0.05, 0) is 55.2 Å². The third kappa shape index (κ3) is 4.18. The van der Waals surface area contributed by atoms with Crippen LogP contribution in [0.15, 0.2) is 53.4 Å². The molecule has 144 valence electrons. The number of hydrogen-bond acceptors (Lipinski definition) is 3. The predicted octanol–water partition coefficient (Wildman–Crippen LogP) is 3.44. The van der Waals surface area contributed by atoms with Gasteiger partial charge < -0.3 is 4.90 Å². The maximum absolute atomic E-state index is 13.0. The van der Waals surface area contributed by atoms with E-state index in [0.29, 0.717) is 12.1 Å². The summed E-state index contributed by atoms with van der Waals surface area (Å²) >= 11 is 6.27. The highest BCUT2D eigenvalue weighted by Gasteiger charge is 2.30. The Morgan fingerprint density at radius 1 is 1.15 bits per heavy atom. The normalized spacial score (nSPS) is 17.5. The molecule has 27 heavy (non-hydrogen) atoms. The summed E-state index contributed by atoms with van der Waals surface area (Å²) in [7, 11) is -0.533. The topological polar surface area (TPSA) is 57.7 Å². The van der Waals surface area contributed by atoms with Gasteiger partial charge in [0.2, 0.25) is 10.0 Å². The Morgan fingerprint density at radius 2 is 1.81 bits per heavy atom. The van der Waals surface area contributed by atoms with Crippen molar-refractivity contribution < 1.29 is 13.2 Å². The average Bonchev–Trinajstić information content (AvgIpc) is 3.11. The van der Waals surface area contributed by atoms with Crippen LogP contribution in [0.4, 0.5) is 0 Å². The predicted molar refractivity (Wildman–Crippen MR) is 107 cm³/mol. The second-order valence-corrected chi connectivity index (χ2v) is 9.46. The van der Waals surface area contributed by atoms with Crippen molar-refractivity contribution in [2.24, 2.45) is 0 Å². The van der Waals surface area contributed by atoms with Crippen LogP contribution in [0.1, 0.15) is 28.8 Å². The van der Waals surface area contributed by atoms with Crippen LogP contribution in [-0.2, 0) is 16.4 Å². The lowest BCUT2D eigenvalue weighted by Gasteiger charge is -2.25. The molecule has 0 spiro atoms. The van der Waals surface area contributed by atoms with E-state index in [-0.39, 0.29) is 16.8 Å². The number of likely N-dealkylation sites (tertiary alicyclic amines) is 1. The Labute approximate surface area is 165 Å². The van der Waals surface area contributed by atoms with Crippen molar-refractivity contribution in [1.82, 2.24) is 9.21 Å². The monoisotopic (exact) mass is 406 g/mol. The van der Waals surface area contributed by atoms with Crippen LogP contribution in [0.3, 0.4) is 0 Å². The molecular formula is C20H23ClN2O3S. The first-order valence-corrected chi connectivity index (χ1v) is 10.7. The lowest BCUT2D eigenvalue weighted by Crippen LogP contribution is -2.36. The summed E-state index contributed by atoms with van der Waals surface area (Å²) in [6, 6.07) is 13.9. The van der Waals surface area contributed by atoms with Gasteiger partial charge in [0.25, 0.3) is 5.91 Å². The molecule has 1 saturated heterocycles. The number of benzene rings is 2. The van der Waals surface area contributed by atoms with Gasteiger partial charge in [0.15, 0.2) is 0 Å². The molecule has 1 unspecified atom stereocenters. The maximum Gasteiger partial charge on any atom is 0.254 e. The highest BCUT2D eigenvalue weighted by Crippen LogP contribution is 2.26. The molecule has 1 heterocycles. The van der Waals surface area contributed by atoms with E-state index in [9.17, 15) is 13.2 Å². The summed E-state index contributed by atoms with van der Waals surface area (Å²) in [4.78, 5) is 15.0. The highest BCUT2D eigenvalue weighted by atomic mass is 35.5. The molecule has 1 aliphatic rings.